The predicted molar refractivity (Wildman–Crippen MR) is 63.6 cm³/mol. The molecule has 6 heteroatoms. The van der Waals surface area contributed by atoms with Crippen LogP contribution in [0, 0.1) is 5.82 Å². The van der Waals surface area contributed by atoms with Gasteiger partial charge in [0.15, 0.2) is 5.82 Å². The van der Waals surface area contributed by atoms with Gasteiger partial charge < -0.3 is 4.74 Å². The number of aromatic nitrogens is 4. The Bertz CT molecular complexity index is 710. The van der Waals surface area contributed by atoms with E-state index in [1.165, 1.54) is 13.2 Å². The second-order valence-corrected chi connectivity index (χ2v) is 3.68. The van der Waals surface area contributed by atoms with E-state index in [4.69, 9.17) is 4.74 Å². The van der Waals surface area contributed by atoms with Crippen molar-refractivity contribution >= 4 is 11.0 Å². The number of methoxy groups -OCH3 is 1. The number of H-pyrrole nitrogens is 1. The van der Waals surface area contributed by atoms with Crippen molar-refractivity contribution in [2.24, 2.45) is 0 Å². The minimum Gasteiger partial charge on any atom is -0.496 e. The van der Waals surface area contributed by atoms with Crippen molar-refractivity contribution in [2.45, 2.75) is 0 Å². The highest BCUT2D eigenvalue weighted by Crippen LogP contribution is 2.30. The summed E-state index contributed by atoms with van der Waals surface area (Å²) in [5, 5.41) is 6.59. The lowest BCUT2D eigenvalue weighted by molar-refractivity contribution is 0.413. The van der Waals surface area contributed by atoms with Crippen molar-refractivity contribution in [3.05, 3.63) is 36.4 Å². The fourth-order valence-electron chi connectivity index (χ4n) is 1.75. The van der Waals surface area contributed by atoms with E-state index in [1.54, 1.807) is 24.5 Å². The van der Waals surface area contributed by atoms with Gasteiger partial charge in [-0.05, 0) is 12.1 Å². The molecule has 1 aromatic carbocycles. The first kappa shape index (κ1) is 10.6. The molecule has 0 saturated heterocycles. The topological polar surface area (TPSA) is 63.7 Å². The SMILES string of the molecule is COc1cccc(F)c1-c1ncc2[nH]ncc2n1. The molecule has 0 unspecified atom stereocenters. The van der Waals surface area contributed by atoms with Gasteiger partial charge in [0.1, 0.15) is 22.6 Å². The van der Waals surface area contributed by atoms with Crippen molar-refractivity contribution in [3.63, 3.8) is 0 Å². The fraction of sp³-hybridized carbons (Fsp3) is 0.0833. The molecule has 1 N–H and O–H groups in total. The largest absolute Gasteiger partial charge is 0.496 e. The number of halogens is 1. The van der Waals surface area contributed by atoms with Crippen molar-refractivity contribution in [2.75, 3.05) is 7.11 Å². The third kappa shape index (κ3) is 1.58. The third-order valence-corrected chi connectivity index (χ3v) is 2.61. The number of benzene rings is 1. The van der Waals surface area contributed by atoms with Crippen LogP contribution in [-0.4, -0.2) is 27.3 Å². The molecule has 3 aromatic rings. The second-order valence-electron chi connectivity index (χ2n) is 3.68. The molecule has 0 aliphatic carbocycles. The van der Waals surface area contributed by atoms with Gasteiger partial charge in [0.25, 0.3) is 0 Å². The normalized spacial score (nSPS) is 10.8. The predicted octanol–water partition coefficient (Wildman–Crippen LogP) is 2.17. The van der Waals surface area contributed by atoms with Gasteiger partial charge in [0, 0.05) is 0 Å². The van der Waals surface area contributed by atoms with E-state index in [0.29, 0.717) is 16.8 Å². The Kier molecular flexibility index (Phi) is 2.40. The minimum atomic E-state index is -0.419. The summed E-state index contributed by atoms with van der Waals surface area (Å²) >= 11 is 0. The first-order valence-corrected chi connectivity index (χ1v) is 5.28. The molecule has 0 amide bonds. The van der Waals surface area contributed by atoms with Crippen LogP contribution in [0.4, 0.5) is 4.39 Å². The number of ether oxygens (including phenoxy) is 1. The summed E-state index contributed by atoms with van der Waals surface area (Å²) < 4.78 is 19.0. The number of fused-ring (bicyclic) bond motifs is 1. The Labute approximate surface area is 102 Å². The smallest absolute Gasteiger partial charge is 0.166 e. The second kappa shape index (κ2) is 4.06. The standard InChI is InChI=1S/C12H9FN4O/c1-18-10-4-2-3-7(13)11(10)12-14-5-9-8(16-12)6-15-17-9/h2-6H,1H3,(H,15,17). The maximum absolute atomic E-state index is 13.9. The molecule has 5 nitrogen and oxygen atoms in total. The first-order chi connectivity index (χ1) is 8.79. The molecule has 90 valence electrons. The van der Waals surface area contributed by atoms with E-state index in [2.05, 4.69) is 20.2 Å². The van der Waals surface area contributed by atoms with Crippen molar-refractivity contribution in [3.8, 4) is 17.1 Å². The molecule has 0 radical (unpaired) electrons. The zero-order valence-corrected chi connectivity index (χ0v) is 9.51. The van der Waals surface area contributed by atoms with Crippen LogP contribution in [0.1, 0.15) is 0 Å². The highest BCUT2D eigenvalue weighted by Gasteiger charge is 2.14. The average Bonchev–Trinajstić information content (AvgIpc) is 2.85. The van der Waals surface area contributed by atoms with Gasteiger partial charge in [-0.2, -0.15) is 5.10 Å². The van der Waals surface area contributed by atoms with Gasteiger partial charge >= 0.3 is 0 Å². The lowest BCUT2D eigenvalue weighted by Gasteiger charge is -2.07. The van der Waals surface area contributed by atoms with Crippen molar-refractivity contribution in [1.82, 2.24) is 20.2 Å². The number of hydrogen-bond acceptors (Lipinski definition) is 4. The molecule has 0 aliphatic rings. The van der Waals surface area contributed by atoms with Crippen LogP contribution < -0.4 is 4.74 Å². The highest BCUT2D eigenvalue weighted by molar-refractivity contribution is 5.76. The molecule has 18 heavy (non-hydrogen) atoms. The fourth-order valence-corrected chi connectivity index (χ4v) is 1.75. The third-order valence-electron chi connectivity index (χ3n) is 2.61. The Hall–Kier alpha value is -2.50. The summed E-state index contributed by atoms with van der Waals surface area (Å²) in [4.78, 5) is 8.37. The zero-order chi connectivity index (χ0) is 12.5. The molecule has 2 aromatic heterocycles. The molecule has 0 fully saturated rings. The summed E-state index contributed by atoms with van der Waals surface area (Å²) in [5.74, 6) is 0.258. The summed E-state index contributed by atoms with van der Waals surface area (Å²) in [7, 11) is 1.48. The van der Waals surface area contributed by atoms with E-state index >= 15 is 0 Å². The summed E-state index contributed by atoms with van der Waals surface area (Å²) in [6.45, 7) is 0. The molecule has 0 saturated carbocycles. The van der Waals surface area contributed by atoms with Gasteiger partial charge in [-0.15, -0.1) is 0 Å². The lowest BCUT2D eigenvalue weighted by atomic mass is 10.1. The summed E-state index contributed by atoms with van der Waals surface area (Å²) in [6, 6.07) is 4.59. The van der Waals surface area contributed by atoms with Gasteiger partial charge in [0.05, 0.1) is 25.1 Å². The van der Waals surface area contributed by atoms with Crippen LogP contribution in [0.5, 0.6) is 5.75 Å². The van der Waals surface area contributed by atoms with Crippen molar-refractivity contribution in [1.29, 1.82) is 0 Å². The quantitative estimate of drug-likeness (QED) is 0.750. The van der Waals surface area contributed by atoms with Crippen LogP contribution in [0.15, 0.2) is 30.6 Å². The Balaban J connectivity index is 2.24. The van der Waals surface area contributed by atoms with Crippen LogP contribution in [0.2, 0.25) is 0 Å². The number of rotatable bonds is 2. The Morgan fingerprint density at radius 2 is 2.17 bits per heavy atom. The van der Waals surface area contributed by atoms with E-state index in [1.807, 2.05) is 0 Å². The molecule has 3 rings (SSSR count). The maximum Gasteiger partial charge on any atom is 0.166 e. The van der Waals surface area contributed by atoms with E-state index < -0.39 is 5.82 Å². The average molecular weight is 244 g/mol. The molecular formula is C12H9FN4O. The lowest BCUT2D eigenvalue weighted by Crippen LogP contribution is -1.96. The molecule has 0 atom stereocenters. The van der Waals surface area contributed by atoms with Crippen LogP contribution in [-0.2, 0) is 0 Å². The molecule has 0 bridgehead atoms. The van der Waals surface area contributed by atoms with Crippen LogP contribution >= 0.6 is 0 Å². The maximum atomic E-state index is 13.9. The zero-order valence-electron chi connectivity index (χ0n) is 9.51. The number of aromatic amines is 1. The summed E-state index contributed by atoms with van der Waals surface area (Å²) in [6.07, 6.45) is 3.13. The van der Waals surface area contributed by atoms with Crippen molar-refractivity contribution < 1.29 is 9.13 Å². The minimum absolute atomic E-state index is 0.253. The monoisotopic (exact) mass is 244 g/mol. The van der Waals surface area contributed by atoms with Gasteiger partial charge in [-0.1, -0.05) is 6.07 Å². The number of nitrogens with one attached hydrogen (secondary N) is 1. The highest BCUT2D eigenvalue weighted by atomic mass is 19.1. The first-order valence-electron chi connectivity index (χ1n) is 5.28. The van der Waals surface area contributed by atoms with Crippen LogP contribution in [0.25, 0.3) is 22.4 Å². The molecule has 2 heterocycles. The van der Waals surface area contributed by atoms with E-state index in [9.17, 15) is 4.39 Å². The Morgan fingerprint density at radius 3 is 3.00 bits per heavy atom. The number of hydrogen-bond donors (Lipinski definition) is 1. The summed E-state index contributed by atoms with van der Waals surface area (Å²) in [5.41, 5.74) is 1.59. The molecular weight excluding hydrogens is 235 g/mol. The Morgan fingerprint density at radius 1 is 1.28 bits per heavy atom. The van der Waals surface area contributed by atoms with E-state index in [0.717, 1.165) is 0 Å². The van der Waals surface area contributed by atoms with Gasteiger partial charge in [-0.25, -0.2) is 14.4 Å². The number of nitrogens with zero attached hydrogens (tertiary/aromatic N) is 3. The van der Waals surface area contributed by atoms with E-state index in [-0.39, 0.29) is 11.4 Å². The van der Waals surface area contributed by atoms with Gasteiger partial charge in [-0.3, -0.25) is 5.10 Å². The molecule has 0 aliphatic heterocycles. The van der Waals surface area contributed by atoms with Gasteiger partial charge in [0.2, 0.25) is 0 Å². The van der Waals surface area contributed by atoms with Crippen LogP contribution in [0.3, 0.4) is 0 Å². The molecule has 0 spiro atoms.